The normalized spacial score (nSPS) is 26.2. The van der Waals surface area contributed by atoms with Crippen LogP contribution in [-0.2, 0) is 27.3 Å². The van der Waals surface area contributed by atoms with Gasteiger partial charge < -0.3 is 9.80 Å². The molecule has 4 amide bonds. The highest BCUT2D eigenvalue weighted by Gasteiger charge is 2.75. The van der Waals surface area contributed by atoms with Crippen LogP contribution in [-0.4, -0.2) is 63.5 Å². The van der Waals surface area contributed by atoms with E-state index in [4.69, 9.17) is 0 Å². The van der Waals surface area contributed by atoms with Gasteiger partial charge in [-0.1, -0.05) is 60.7 Å². The molecule has 0 aliphatic carbocycles. The highest BCUT2D eigenvalue weighted by molar-refractivity contribution is 6.13. The second kappa shape index (κ2) is 8.90. The number of rotatable bonds is 5. The molecular formula is C30H26FN3O4. The molecule has 38 heavy (non-hydrogen) atoms. The number of imide groups is 1. The molecule has 0 spiro atoms. The van der Waals surface area contributed by atoms with Crippen molar-refractivity contribution in [3.63, 3.8) is 0 Å². The molecule has 7 nitrogen and oxygen atoms in total. The molecule has 3 aliphatic rings. The molecule has 3 aromatic carbocycles. The minimum Gasteiger partial charge on any atom is -0.342 e. The van der Waals surface area contributed by atoms with Crippen molar-refractivity contribution >= 4 is 23.6 Å². The average Bonchev–Trinajstić information content (AvgIpc) is 3.31. The summed E-state index contributed by atoms with van der Waals surface area (Å²) in [6, 6.07) is 22.9. The molecule has 3 unspecified atom stereocenters. The van der Waals surface area contributed by atoms with Crippen LogP contribution < -0.4 is 0 Å². The molecule has 6 rings (SSSR count). The van der Waals surface area contributed by atoms with Crippen molar-refractivity contribution < 1.29 is 23.6 Å². The molecule has 4 atom stereocenters. The van der Waals surface area contributed by atoms with Crippen LogP contribution in [0.1, 0.15) is 21.5 Å². The topological polar surface area (TPSA) is 78.0 Å². The molecule has 2 bridgehead atoms. The Hall–Kier alpha value is -4.33. The Kier molecular flexibility index (Phi) is 5.63. The van der Waals surface area contributed by atoms with Gasteiger partial charge in [0.25, 0.3) is 5.91 Å². The number of nitrogens with zero attached hydrogens (tertiary/aromatic N) is 3. The number of carbonyl (C=O) groups is 4. The fourth-order valence-corrected chi connectivity index (χ4v) is 6.54. The molecule has 3 saturated heterocycles. The van der Waals surface area contributed by atoms with E-state index in [0.717, 1.165) is 11.1 Å². The molecule has 0 N–H and O–H groups in total. The maximum atomic E-state index is 14.2. The van der Waals surface area contributed by atoms with E-state index in [-0.39, 0.29) is 36.9 Å². The molecule has 0 aromatic heterocycles. The molecule has 3 heterocycles. The summed E-state index contributed by atoms with van der Waals surface area (Å²) in [5.41, 5.74) is 0.188. The molecule has 3 fully saturated rings. The zero-order chi connectivity index (χ0) is 26.6. The largest absolute Gasteiger partial charge is 0.342 e. The summed E-state index contributed by atoms with van der Waals surface area (Å²) in [4.78, 5) is 60.4. The maximum Gasteiger partial charge on any atom is 0.255 e. The minimum absolute atomic E-state index is 0.0831. The van der Waals surface area contributed by atoms with E-state index in [9.17, 15) is 23.6 Å². The van der Waals surface area contributed by atoms with E-state index in [1.807, 2.05) is 60.7 Å². The van der Waals surface area contributed by atoms with Gasteiger partial charge in [0.15, 0.2) is 0 Å². The maximum absolute atomic E-state index is 14.2. The van der Waals surface area contributed by atoms with Crippen molar-refractivity contribution in [1.82, 2.24) is 14.7 Å². The van der Waals surface area contributed by atoms with Gasteiger partial charge in [-0.05, 0) is 35.4 Å². The Morgan fingerprint density at radius 1 is 0.868 bits per heavy atom. The highest BCUT2D eigenvalue weighted by Crippen LogP contribution is 2.54. The Morgan fingerprint density at radius 2 is 1.47 bits per heavy atom. The SMILES string of the molecule is CN1CC2C3C(=O)N(Cc4ccccc4)C(=O)C3[C@](Cc3ccccc3)(C1=O)N2C(=O)c1ccc(F)cc1. The third-order valence-corrected chi connectivity index (χ3v) is 8.12. The lowest BCUT2D eigenvalue weighted by atomic mass is 9.75. The number of likely N-dealkylation sites (tertiary alicyclic amines) is 2. The van der Waals surface area contributed by atoms with Crippen molar-refractivity contribution in [3.8, 4) is 0 Å². The number of amides is 4. The molecular weight excluding hydrogens is 485 g/mol. The van der Waals surface area contributed by atoms with Gasteiger partial charge in [-0.2, -0.15) is 0 Å². The van der Waals surface area contributed by atoms with E-state index >= 15 is 0 Å². The van der Waals surface area contributed by atoms with E-state index in [2.05, 4.69) is 0 Å². The van der Waals surface area contributed by atoms with Crippen molar-refractivity contribution in [2.75, 3.05) is 13.6 Å². The van der Waals surface area contributed by atoms with Gasteiger partial charge in [0, 0.05) is 25.6 Å². The Balaban J connectivity index is 1.50. The first-order valence-electron chi connectivity index (χ1n) is 12.6. The number of hydrogen-bond acceptors (Lipinski definition) is 4. The van der Waals surface area contributed by atoms with Gasteiger partial charge in [0.1, 0.15) is 11.4 Å². The van der Waals surface area contributed by atoms with Crippen molar-refractivity contribution in [2.45, 2.75) is 24.5 Å². The quantitative estimate of drug-likeness (QED) is 0.494. The van der Waals surface area contributed by atoms with Crippen LogP contribution in [0.25, 0.3) is 0 Å². The van der Waals surface area contributed by atoms with Gasteiger partial charge in [-0.25, -0.2) is 4.39 Å². The van der Waals surface area contributed by atoms with Crippen molar-refractivity contribution in [1.29, 1.82) is 0 Å². The van der Waals surface area contributed by atoms with Crippen LogP contribution in [0, 0.1) is 17.7 Å². The number of likely N-dealkylation sites (N-methyl/N-ethyl adjacent to an activating group) is 1. The van der Waals surface area contributed by atoms with Gasteiger partial charge in [-0.3, -0.25) is 24.1 Å². The van der Waals surface area contributed by atoms with E-state index in [1.54, 1.807) is 7.05 Å². The standard InChI is InChI=1S/C30H26FN3O4/c1-32-18-23-24-25(28(37)33(27(24)36)17-20-10-6-3-7-11-20)30(29(32)38,16-19-8-4-2-5-9-19)34(23)26(35)21-12-14-22(31)15-13-21/h2-15,23-25H,16-18H2,1H3/t23?,24?,25?,30-/m1/s1. The van der Waals surface area contributed by atoms with Crippen LogP contribution in [0.4, 0.5) is 4.39 Å². The van der Waals surface area contributed by atoms with Gasteiger partial charge in [0.2, 0.25) is 17.7 Å². The molecule has 192 valence electrons. The van der Waals surface area contributed by atoms with Gasteiger partial charge in [0.05, 0.1) is 24.4 Å². The summed E-state index contributed by atoms with van der Waals surface area (Å²) in [5.74, 6) is -4.04. The Morgan fingerprint density at radius 3 is 2.11 bits per heavy atom. The van der Waals surface area contributed by atoms with Crippen molar-refractivity contribution in [3.05, 3.63) is 107 Å². The third-order valence-electron chi connectivity index (χ3n) is 8.12. The first-order valence-corrected chi connectivity index (χ1v) is 12.6. The van der Waals surface area contributed by atoms with E-state index in [0.29, 0.717) is 0 Å². The predicted octanol–water partition coefficient (Wildman–Crippen LogP) is 2.91. The number of piperazine rings is 1. The van der Waals surface area contributed by atoms with Crippen LogP contribution in [0.5, 0.6) is 0 Å². The van der Waals surface area contributed by atoms with Crippen LogP contribution in [0.2, 0.25) is 0 Å². The lowest BCUT2D eigenvalue weighted by molar-refractivity contribution is -0.155. The lowest BCUT2D eigenvalue weighted by Crippen LogP contribution is -2.69. The number of benzene rings is 3. The highest BCUT2D eigenvalue weighted by atomic mass is 19.1. The molecule has 3 aromatic rings. The summed E-state index contributed by atoms with van der Waals surface area (Å²) < 4.78 is 13.7. The molecule has 8 heteroatoms. The smallest absolute Gasteiger partial charge is 0.255 e. The number of fused-ring (bicyclic) bond motifs is 5. The number of carbonyl (C=O) groups excluding carboxylic acids is 4. The Labute approximate surface area is 219 Å². The summed E-state index contributed by atoms with van der Waals surface area (Å²) in [6.45, 7) is 0.233. The fraction of sp³-hybridized carbons (Fsp3) is 0.267. The second-order valence-corrected chi connectivity index (χ2v) is 10.3. The summed E-state index contributed by atoms with van der Waals surface area (Å²) in [5, 5.41) is 0. The Bertz CT molecular complexity index is 1430. The molecule has 0 radical (unpaired) electrons. The summed E-state index contributed by atoms with van der Waals surface area (Å²) in [6.07, 6.45) is 0.0831. The fourth-order valence-electron chi connectivity index (χ4n) is 6.54. The van der Waals surface area contributed by atoms with Gasteiger partial charge >= 0.3 is 0 Å². The zero-order valence-electron chi connectivity index (χ0n) is 20.8. The molecule has 3 aliphatic heterocycles. The van der Waals surface area contributed by atoms with Crippen LogP contribution in [0.15, 0.2) is 84.9 Å². The van der Waals surface area contributed by atoms with Gasteiger partial charge in [-0.15, -0.1) is 0 Å². The first-order chi connectivity index (χ1) is 18.3. The predicted molar refractivity (Wildman–Crippen MR) is 136 cm³/mol. The van der Waals surface area contributed by atoms with Crippen molar-refractivity contribution in [2.24, 2.45) is 11.8 Å². The zero-order valence-corrected chi connectivity index (χ0v) is 20.8. The number of hydrogen-bond donors (Lipinski definition) is 0. The number of halogens is 1. The average molecular weight is 512 g/mol. The van der Waals surface area contributed by atoms with E-state index in [1.165, 1.54) is 39.0 Å². The second-order valence-electron chi connectivity index (χ2n) is 10.3. The molecule has 0 saturated carbocycles. The monoisotopic (exact) mass is 511 g/mol. The minimum atomic E-state index is -1.59. The van der Waals surface area contributed by atoms with E-state index < -0.39 is 41.0 Å². The lowest BCUT2D eigenvalue weighted by Gasteiger charge is -2.49. The summed E-state index contributed by atoms with van der Waals surface area (Å²) in [7, 11) is 1.65. The summed E-state index contributed by atoms with van der Waals surface area (Å²) >= 11 is 0. The van der Waals surface area contributed by atoms with Crippen LogP contribution in [0.3, 0.4) is 0 Å². The van der Waals surface area contributed by atoms with Crippen LogP contribution >= 0.6 is 0 Å². The third kappa shape index (κ3) is 3.47. The first kappa shape index (κ1) is 24.0.